The molecule has 0 bridgehead atoms. The molecule has 4 heteroatoms. The van der Waals surface area contributed by atoms with Gasteiger partial charge in [-0.1, -0.05) is 81.4 Å². The van der Waals surface area contributed by atoms with Crippen LogP contribution in [0.5, 0.6) is 0 Å². The number of carbonyl (C=O) groups excluding carboxylic acids is 1. The molecule has 1 aromatic heterocycles. The van der Waals surface area contributed by atoms with Gasteiger partial charge in [-0.2, -0.15) is 0 Å². The van der Waals surface area contributed by atoms with E-state index in [1.807, 2.05) is 36.4 Å². The first-order chi connectivity index (χ1) is 13.4. The topological polar surface area (TPSA) is 42.0 Å². The molecule has 1 heterocycles. The normalized spacial score (nSPS) is 14.7. The Morgan fingerprint density at radius 2 is 1.50 bits per heavy atom. The number of aromatic nitrogens is 1. The zero-order chi connectivity index (χ0) is 19.8. The van der Waals surface area contributed by atoms with Crippen molar-refractivity contribution in [1.82, 2.24) is 10.3 Å². The second kappa shape index (κ2) is 7.17. The third-order valence-corrected chi connectivity index (χ3v) is 6.23. The molecule has 0 spiro atoms. The van der Waals surface area contributed by atoms with Gasteiger partial charge in [-0.3, -0.25) is 4.79 Å². The third-order valence-electron chi connectivity index (χ3n) is 5.27. The van der Waals surface area contributed by atoms with Crippen LogP contribution in [0.15, 0.2) is 66.0 Å². The van der Waals surface area contributed by atoms with Crippen molar-refractivity contribution in [2.45, 2.75) is 44.6 Å². The van der Waals surface area contributed by atoms with Crippen molar-refractivity contribution in [3.63, 3.8) is 0 Å². The van der Waals surface area contributed by atoms with Gasteiger partial charge in [0.05, 0.1) is 5.69 Å². The molecule has 1 saturated carbocycles. The third kappa shape index (κ3) is 3.49. The van der Waals surface area contributed by atoms with E-state index in [4.69, 9.17) is 4.98 Å². The number of hydrogen-bond acceptors (Lipinski definition) is 3. The van der Waals surface area contributed by atoms with Crippen molar-refractivity contribution in [2.75, 3.05) is 0 Å². The highest BCUT2D eigenvalue weighted by atomic mass is 32.1. The molecule has 3 aromatic rings. The quantitative estimate of drug-likeness (QED) is 0.646. The van der Waals surface area contributed by atoms with Gasteiger partial charge in [-0.25, -0.2) is 4.98 Å². The molecule has 0 radical (unpaired) electrons. The van der Waals surface area contributed by atoms with Gasteiger partial charge in [0.1, 0.15) is 10.5 Å². The Morgan fingerprint density at radius 3 is 1.93 bits per heavy atom. The Bertz CT molecular complexity index is 914. The summed E-state index contributed by atoms with van der Waals surface area (Å²) in [6.07, 6.45) is 1.94. The average Bonchev–Trinajstić information content (AvgIpc) is 3.43. The summed E-state index contributed by atoms with van der Waals surface area (Å²) >= 11 is 1.62. The smallest absolute Gasteiger partial charge is 0.224 e. The number of nitrogens with zero attached hydrogens (tertiary/aromatic N) is 1. The number of rotatable bonds is 5. The Morgan fingerprint density at radius 1 is 0.964 bits per heavy atom. The van der Waals surface area contributed by atoms with Crippen LogP contribution in [-0.2, 0) is 15.7 Å². The van der Waals surface area contributed by atoms with Crippen LogP contribution in [0.2, 0.25) is 0 Å². The van der Waals surface area contributed by atoms with Crippen molar-refractivity contribution in [1.29, 1.82) is 0 Å². The summed E-state index contributed by atoms with van der Waals surface area (Å²) in [7, 11) is 0. The zero-order valence-corrected chi connectivity index (χ0v) is 17.4. The van der Waals surface area contributed by atoms with E-state index in [2.05, 4.69) is 55.7 Å². The largest absolute Gasteiger partial charge is 0.336 e. The van der Waals surface area contributed by atoms with Crippen LogP contribution in [0, 0.1) is 5.92 Å². The molecule has 1 N–H and O–H groups in total. The van der Waals surface area contributed by atoms with Gasteiger partial charge in [0.25, 0.3) is 0 Å². The molecule has 0 unspecified atom stereocenters. The molecule has 1 aliphatic carbocycles. The van der Waals surface area contributed by atoms with Crippen LogP contribution in [0.1, 0.15) is 55.4 Å². The summed E-state index contributed by atoms with van der Waals surface area (Å²) in [4.78, 5) is 18.1. The van der Waals surface area contributed by atoms with E-state index in [0.29, 0.717) is 0 Å². The zero-order valence-electron chi connectivity index (χ0n) is 16.6. The second-order valence-corrected chi connectivity index (χ2v) is 9.39. The number of carbonyl (C=O) groups is 1. The summed E-state index contributed by atoms with van der Waals surface area (Å²) in [6, 6.07) is 20.4. The molecule has 0 aliphatic heterocycles. The van der Waals surface area contributed by atoms with E-state index in [-0.39, 0.29) is 17.2 Å². The molecular weight excluding hydrogens is 364 g/mol. The summed E-state index contributed by atoms with van der Waals surface area (Å²) in [5.41, 5.74) is 2.28. The predicted molar refractivity (Wildman–Crippen MR) is 114 cm³/mol. The van der Waals surface area contributed by atoms with Crippen LogP contribution in [0.4, 0.5) is 0 Å². The molecule has 2 aromatic carbocycles. The van der Waals surface area contributed by atoms with Crippen LogP contribution in [0.25, 0.3) is 0 Å². The molecule has 1 amide bonds. The minimum atomic E-state index is -0.781. The predicted octanol–water partition coefficient (Wildman–Crippen LogP) is 5.26. The van der Waals surface area contributed by atoms with E-state index in [0.717, 1.165) is 34.7 Å². The van der Waals surface area contributed by atoms with E-state index < -0.39 is 5.54 Å². The highest BCUT2D eigenvalue weighted by Gasteiger charge is 2.44. The Kier molecular flexibility index (Phi) is 4.84. The molecule has 1 fully saturated rings. The number of nitrogens with one attached hydrogen (secondary N) is 1. The number of hydrogen-bond donors (Lipinski definition) is 1. The van der Waals surface area contributed by atoms with Gasteiger partial charge >= 0.3 is 0 Å². The highest BCUT2D eigenvalue weighted by molar-refractivity contribution is 7.10. The SMILES string of the molecule is CC(C)(C)c1csc(C(NC(=O)C2CC2)(c2ccccc2)c2ccccc2)n1. The van der Waals surface area contributed by atoms with Gasteiger partial charge in [-0.15, -0.1) is 11.3 Å². The van der Waals surface area contributed by atoms with Gasteiger partial charge in [-0.05, 0) is 24.0 Å². The lowest BCUT2D eigenvalue weighted by Crippen LogP contribution is -2.48. The molecule has 0 saturated heterocycles. The van der Waals surface area contributed by atoms with Crippen molar-refractivity contribution in [3.8, 4) is 0 Å². The van der Waals surface area contributed by atoms with Gasteiger partial charge in [0, 0.05) is 16.7 Å². The van der Waals surface area contributed by atoms with Crippen LogP contribution >= 0.6 is 11.3 Å². The highest BCUT2D eigenvalue weighted by Crippen LogP contribution is 2.41. The fourth-order valence-corrected chi connectivity index (χ4v) is 4.65. The van der Waals surface area contributed by atoms with E-state index in [1.165, 1.54) is 0 Å². The molecule has 0 atom stereocenters. The Labute approximate surface area is 170 Å². The Balaban J connectivity index is 1.94. The molecule has 3 nitrogen and oxygen atoms in total. The monoisotopic (exact) mass is 390 g/mol. The standard InChI is InChI=1S/C24H26N2OS/c1-23(2,3)20-16-28-22(25-20)24(18-10-6-4-7-11-18,19-12-8-5-9-13-19)26-21(27)17-14-15-17/h4-13,16-17H,14-15H2,1-3H3,(H,26,27). The lowest BCUT2D eigenvalue weighted by molar-refractivity contribution is -0.123. The average molecular weight is 391 g/mol. The lowest BCUT2D eigenvalue weighted by Gasteiger charge is -2.34. The maximum atomic E-state index is 13.0. The van der Waals surface area contributed by atoms with Gasteiger partial charge < -0.3 is 5.32 Å². The summed E-state index contributed by atoms with van der Waals surface area (Å²) in [5.74, 6) is 0.231. The van der Waals surface area contributed by atoms with E-state index in [1.54, 1.807) is 11.3 Å². The summed E-state index contributed by atoms with van der Waals surface area (Å²) < 4.78 is 0. The molecule has 1 aliphatic rings. The first-order valence-corrected chi connectivity index (χ1v) is 10.7. The number of amides is 1. The van der Waals surface area contributed by atoms with Crippen molar-refractivity contribution >= 4 is 17.2 Å². The molecule has 28 heavy (non-hydrogen) atoms. The van der Waals surface area contributed by atoms with Crippen LogP contribution in [-0.4, -0.2) is 10.9 Å². The van der Waals surface area contributed by atoms with E-state index in [9.17, 15) is 4.79 Å². The first-order valence-electron chi connectivity index (χ1n) is 9.81. The van der Waals surface area contributed by atoms with Crippen molar-refractivity contribution in [3.05, 3.63) is 87.9 Å². The number of benzene rings is 2. The second-order valence-electron chi connectivity index (χ2n) is 8.53. The molecule has 4 rings (SSSR count). The summed E-state index contributed by atoms with van der Waals surface area (Å²) in [5, 5.41) is 6.45. The summed E-state index contributed by atoms with van der Waals surface area (Å²) in [6.45, 7) is 6.50. The molecular formula is C24H26N2OS. The maximum absolute atomic E-state index is 13.0. The van der Waals surface area contributed by atoms with Crippen molar-refractivity contribution in [2.24, 2.45) is 5.92 Å². The van der Waals surface area contributed by atoms with E-state index >= 15 is 0 Å². The first kappa shape index (κ1) is 18.9. The van der Waals surface area contributed by atoms with Gasteiger partial charge in [0.15, 0.2) is 0 Å². The lowest BCUT2D eigenvalue weighted by atomic mass is 9.82. The fraction of sp³-hybridized carbons (Fsp3) is 0.333. The Hall–Kier alpha value is -2.46. The molecule has 144 valence electrons. The minimum Gasteiger partial charge on any atom is -0.336 e. The van der Waals surface area contributed by atoms with Crippen LogP contribution < -0.4 is 5.32 Å². The maximum Gasteiger partial charge on any atom is 0.224 e. The van der Waals surface area contributed by atoms with Crippen molar-refractivity contribution < 1.29 is 4.79 Å². The fourth-order valence-electron chi connectivity index (χ4n) is 3.41. The minimum absolute atomic E-state index is 0.0473. The van der Waals surface area contributed by atoms with Gasteiger partial charge in [0.2, 0.25) is 5.91 Å². The van der Waals surface area contributed by atoms with Crippen LogP contribution in [0.3, 0.4) is 0 Å². The number of thiazole rings is 1.